The fourth-order valence-electron chi connectivity index (χ4n) is 5.15. The van der Waals surface area contributed by atoms with Crippen LogP contribution in [0.4, 0.5) is 26.3 Å². The number of rotatable bonds is 4. The first-order chi connectivity index (χ1) is 19.8. The minimum Gasteiger partial charge on any atom is -0.361 e. The summed E-state index contributed by atoms with van der Waals surface area (Å²) < 4.78 is 81.1. The van der Waals surface area contributed by atoms with E-state index in [1.807, 2.05) is 30.3 Å². The SMILES string of the molecule is N#Cc1ccc(C(=O)N2CCN(C(=O)c3cc(C(F)(F)F)cc(C(F)(F)F)c3)[C@H](Cc3c[nH]c4ccccc34)C2)cc1. The van der Waals surface area contributed by atoms with Crippen molar-refractivity contribution in [2.24, 2.45) is 0 Å². The van der Waals surface area contributed by atoms with Gasteiger partial charge in [-0.2, -0.15) is 31.6 Å². The number of nitriles is 1. The first kappa shape index (κ1) is 28.7. The molecule has 5 rings (SSSR count). The highest BCUT2D eigenvalue weighted by Crippen LogP contribution is 2.37. The summed E-state index contributed by atoms with van der Waals surface area (Å²) >= 11 is 0. The van der Waals surface area contributed by atoms with Crippen LogP contribution in [0.1, 0.15) is 43.0 Å². The molecule has 1 N–H and O–H groups in total. The predicted molar refractivity (Wildman–Crippen MR) is 140 cm³/mol. The molecule has 0 spiro atoms. The minimum atomic E-state index is -5.11. The van der Waals surface area contributed by atoms with Crippen LogP contribution >= 0.6 is 0 Å². The van der Waals surface area contributed by atoms with E-state index in [0.717, 1.165) is 16.5 Å². The van der Waals surface area contributed by atoms with Crippen molar-refractivity contribution in [2.45, 2.75) is 24.8 Å². The smallest absolute Gasteiger partial charge is 0.361 e. The van der Waals surface area contributed by atoms with Crippen LogP contribution in [0.3, 0.4) is 0 Å². The molecule has 216 valence electrons. The molecule has 1 aliphatic rings. The maximum Gasteiger partial charge on any atom is 0.416 e. The first-order valence-electron chi connectivity index (χ1n) is 12.8. The van der Waals surface area contributed by atoms with Gasteiger partial charge in [0.1, 0.15) is 0 Å². The number of hydrogen-bond acceptors (Lipinski definition) is 3. The van der Waals surface area contributed by atoms with Gasteiger partial charge in [0.15, 0.2) is 0 Å². The Kier molecular flexibility index (Phi) is 7.45. The standard InChI is InChI=1S/C30H22F6N4O2/c31-29(32,33)22-11-20(12-23(14-22)30(34,35)36)28(42)40-10-9-39(27(41)19-7-5-18(15-37)6-8-19)17-24(40)13-21-16-38-26-4-2-1-3-25(21)26/h1-8,11-12,14,16,24,38H,9-10,13,17H2/t24-/m1/s1. The lowest BCUT2D eigenvalue weighted by Gasteiger charge is -2.41. The van der Waals surface area contributed by atoms with E-state index in [1.54, 1.807) is 6.20 Å². The summed E-state index contributed by atoms with van der Waals surface area (Å²) in [4.78, 5) is 32.8. The van der Waals surface area contributed by atoms with Crippen LogP contribution in [-0.2, 0) is 18.8 Å². The van der Waals surface area contributed by atoms with E-state index in [-0.39, 0.29) is 38.0 Å². The number of benzene rings is 3. The van der Waals surface area contributed by atoms with Crippen molar-refractivity contribution in [1.29, 1.82) is 5.26 Å². The zero-order valence-corrected chi connectivity index (χ0v) is 21.8. The van der Waals surface area contributed by atoms with Gasteiger partial charge >= 0.3 is 12.4 Å². The van der Waals surface area contributed by atoms with E-state index in [9.17, 15) is 35.9 Å². The zero-order chi connectivity index (χ0) is 30.2. The number of piperazine rings is 1. The second-order valence-corrected chi connectivity index (χ2v) is 9.95. The normalized spacial score (nSPS) is 16.0. The van der Waals surface area contributed by atoms with Gasteiger partial charge in [0.2, 0.25) is 0 Å². The number of aromatic amines is 1. The summed E-state index contributed by atoms with van der Waals surface area (Å²) in [6.45, 7) is -0.138. The van der Waals surface area contributed by atoms with Crippen molar-refractivity contribution in [2.75, 3.05) is 19.6 Å². The molecule has 42 heavy (non-hydrogen) atoms. The average molecular weight is 585 g/mol. The maximum absolute atomic E-state index is 13.6. The number of carbonyl (C=O) groups is 2. The number of hydrogen-bond donors (Lipinski definition) is 1. The minimum absolute atomic E-state index is 0.0000485. The van der Waals surface area contributed by atoms with Crippen molar-refractivity contribution in [3.63, 3.8) is 0 Å². The largest absolute Gasteiger partial charge is 0.416 e. The molecule has 0 bridgehead atoms. The van der Waals surface area contributed by atoms with Crippen molar-refractivity contribution in [3.05, 3.63) is 106 Å². The highest BCUT2D eigenvalue weighted by atomic mass is 19.4. The molecule has 1 aromatic heterocycles. The lowest BCUT2D eigenvalue weighted by Crippen LogP contribution is -2.57. The molecule has 1 saturated heterocycles. The highest BCUT2D eigenvalue weighted by molar-refractivity contribution is 5.96. The molecule has 12 heteroatoms. The number of para-hydroxylation sites is 1. The lowest BCUT2D eigenvalue weighted by molar-refractivity contribution is -0.143. The van der Waals surface area contributed by atoms with Gasteiger partial charge in [-0.05, 0) is 60.5 Å². The molecule has 2 amide bonds. The molecule has 0 saturated carbocycles. The third-order valence-electron chi connectivity index (χ3n) is 7.26. The van der Waals surface area contributed by atoms with Gasteiger partial charge < -0.3 is 14.8 Å². The van der Waals surface area contributed by atoms with Gasteiger partial charge in [-0.1, -0.05) is 18.2 Å². The monoisotopic (exact) mass is 584 g/mol. The lowest BCUT2D eigenvalue weighted by atomic mass is 9.98. The van der Waals surface area contributed by atoms with E-state index in [0.29, 0.717) is 23.3 Å². The Labute approximate surface area is 235 Å². The van der Waals surface area contributed by atoms with E-state index < -0.39 is 41.0 Å². The molecular formula is C30H22F6N4O2. The second-order valence-electron chi connectivity index (χ2n) is 9.95. The molecule has 1 aliphatic heterocycles. The Morgan fingerprint density at radius 1 is 0.857 bits per heavy atom. The van der Waals surface area contributed by atoms with Crippen LogP contribution < -0.4 is 0 Å². The van der Waals surface area contributed by atoms with Gasteiger partial charge in [0, 0.05) is 47.9 Å². The molecular weight excluding hydrogens is 562 g/mol. The summed E-state index contributed by atoms with van der Waals surface area (Å²) in [6, 6.07) is 15.3. The van der Waals surface area contributed by atoms with Crippen LogP contribution in [0.15, 0.2) is 72.9 Å². The van der Waals surface area contributed by atoms with E-state index in [4.69, 9.17) is 5.26 Å². The van der Waals surface area contributed by atoms with Crippen molar-refractivity contribution in [3.8, 4) is 6.07 Å². The van der Waals surface area contributed by atoms with Crippen molar-refractivity contribution < 1.29 is 35.9 Å². The molecule has 6 nitrogen and oxygen atoms in total. The molecule has 2 heterocycles. The molecule has 1 atom stereocenters. The Morgan fingerprint density at radius 3 is 2.12 bits per heavy atom. The number of alkyl halides is 6. The average Bonchev–Trinajstić information content (AvgIpc) is 3.38. The van der Waals surface area contributed by atoms with Crippen LogP contribution in [0, 0.1) is 11.3 Å². The number of halogens is 6. The summed E-state index contributed by atoms with van der Waals surface area (Å²) in [6.07, 6.45) is -8.31. The third kappa shape index (κ3) is 5.81. The number of amides is 2. The summed E-state index contributed by atoms with van der Waals surface area (Å²) in [7, 11) is 0. The van der Waals surface area contributed by atoms with E-state index in [2.05, 4.69) is 4.98 Å². The van der Waals surface area contributed by atoms with Crippen LogP contribution in [-0.4, -0.2) is 52.3 Å². The number of nitrogens with zero attached hydrogens (tertiary/aromatic N) is 3. The van der Waals surface area contributed by atoms with Crippen LogP contribution in [0.5, 0.6) is 0 Å². The van der Waals surface area contributed by atoms with Crippen LogP contribution in [0.2, 0.25) is 0 Å². The number of H-pyrrole nitrogens is 1. The van der Waals surface area contributed by atoms with Gasteiger partial charge in [0.05, 0.1) is 28.8 Å². The van der Waals surface area contributed by atoms with Crippen LogP contribution in [0.25, 0.3) is 10.9 Å². The molecule has 0 aliphatic carbocycles. The highest BCUT2D eigenvalue weighted by Gasteiger charge is 2.39. The number of nitrogens with one attached hydrogen (secondary N) is 1. The number of carbonyl (C=O) groups excluding carboxylic acids is 2. The predicted octanol–water partition coefficient (Wildman–Crippen LogP) is 6.29. The number of aromatic nitrogens is 1. The Balaban J connectivity index is 1.50. The van der Waals surface area contributed by atoms with Gasteiger partial charge in [0.25, 0.3) is 11.8 Å². The third-order valence-corrected chi connectivity index (χ3v) is 7.26. The summed E-state index contributed by atoms with van der Waals surface area (Å²) in [5.41, 5.74) is -1.67. The quantitative estimate of drug-likeness (QED) is 0.287. The Bertz CT molecular complexity index is 1650. The second kappa shape index (κ2) is 10.9. The fraction of sp³-hybridized carbons (Fsp3) is 0.233. The molecule has 3 aromatic carbocycles. The molecule has 4 aromatic rings. The van der Waals surface area contributed by atoms with Gasteiger partial charge in [-0.25, -0.2) is 0 Å². The Morgan fingerprint density at radius 2 is 1.50 bits per heavy atom. The van der Waals surface area contributed by atoms with Gasteiger partial charge in [-0.3, -0.25) is 9.59 Å². The van der Waals surface area contributed by atoms with E-state index >= 15 is 0 Å². The number of fused-ring (bicyclic) bond motifs is 1. The summed E-state index contributed by atoms with van der Waals surface area (Å²) in [5, 5.41) is 9.87. The maximum atomic E-state index is 13.6. The summed E-state index contributed by atoms with van der Waals surface area (Å²) in [5.74, 6) is -1.38. The molecule has 0 radical (unpaired) electrons. The van der Waals surface area contributed by atoms with Gasteiger partial charge in [-0.15, -0.1) is 0 Å². The topological polar surface area (TPSA) is 80.2 Å². The van der Waals surface area contributed by atoms with Crippen molar-refractivity contribution in [1.82, 2.24) is 14.8 Å². The van der Waals surface area contributed by atoms with E-state index in [1.165, 1.54) is 34.1 Å². The first-order valence-corrected chi connectivity index (χ1v) is 12.8. The molecule has 1 fully saturated rings. The molecule has 0 unspecified atom stereocenters. The van der Waals surface area contributed by atoms with Crippen molar-refractivity contribution >= 4 is 22.7 Å². The fourth-order valence-corrected chi connectivity index (χ4v) is 5.15. The zero-order valence-electron chi connectivity index (χ0n) is 21.8. The Hall–Kier alpha value is -4.79.